The van der Waals surface area contributed by atoms with Gasteiger partial charge in [-0.3, -0.25) is 4.79 Å². The molecular formula is C18H19ClN2O2. The number of hydrogen-bond acceptors (Lipinski definition) is 3. The third kappa shape index (κ3) is 4.83. The molecule has 2 aromatic rings. The first-order valence-corrected chi connectivity index (χ1v) is 7.76. The fraction of sp³-hybridized carbons (Fsp3) is 0.222. The molecule has 0 fully saturated rings. The number of phenols is 1. The molecule has 23 heavy (non-hydrogen) atoms. The van der Waals surface area contributed by atoms with Gasteiger partial charge >= 0.3 is 0 Å². The maximum Gasteiger partial charge on any atom is 0.275 e. The number of carbonyl (C=O) groups is 1. The van der Waals surface area contributed by atoms with Crippen molar-refractivity contribution in [2.75, 3.05) is 0 Å². The number of benzene rings is 2. The minimum Gasteiger partial charge on any atom is -0.507 e. The molecule has 2 aromatic carbocycles. The smallest absolute Gasteiger partial charge is 0.275 e. The molecule has 0 saturated carbocycles. The van der Waals surface area contributed by atoms with Crippen LogP contribution in [0.5, 0.6) is 5.75 Å². The third-order valence-corrected chi connectivity index (χ3v) is 3.44. The monoisotopic (exact) mass is 330 g/mol. The summed E-state index contributed by atoms with van der Waals surface area (Å²) in [4.78, 5) is 12.2. The van der Waals surface area contributed by atoms with Gasteiger partial charge in [-0.2, -0.15) is 5.10 Å². The van der Waals surface area contributed by atoms with E-state index in [9.17, 15) is 9.90 Å². The summed E-state index contributed by atoms with van der Waals surface area (Å²) in [6.07, 6.45) is 0.728. The summed E-state index contributed by atoms with van der Waals surface area (Å²) in [5.41, 5.74) is 4.34. The summed E-state index contributed by atoms with van der Waals surface area (Å²) in [5.74, 6) is -0.236. The number of nitrogens with one attached hydrogen (secondary N) is 1. The first kappa shape index (κ1) is 17.0. The predicted molar refractivity (Wildman–Crippen MR) is 93.0 cm³/mol. The van der Waals surface area contributed by atoms with Crippen molar-refractivity contribution in [3.8, 4) is 5.75 Å². The van der Waals surface area contributed by atoms with Crippen molar-refractivity contribution in [2.45, 2.75) is 20.3 Å². The lowest BCUT2D eigenvalue weighted by molar-refractivity contribution is 0.0952. The molecule has 0 saturated heterocycles. The highest BCUT2D eigenvalue weighted by Crippen LogP contribution is 2.21. The van der Waals surface area contributed by atoms with Crippen molar-refractivity contribution in [3.63, 3.8) is 0 Å². The minimum atomic E-state index is -0.498. The van der Waals surface area contributed by atoms with Gasteiger partial charge in [-0.15, -0.1) is 0 Å². The SMILES string of the molecule is CC(C)CC(=NNC(=O)c1cc(Cl)ccc1O)c1ccccc1. The fourth-order valence-corrected chi connectivity index (χ4v) is 2.29. The highest BCUT2D eigenvalue weighted by Gasteiger charge is 2.12. The zero-order valence-electron chi connectivity index (χ0n) is 13.1. The van der Waals surface area contributed by atoms with Gasteiger partial charge in [-0.25, -0.2) is 5.43 Å². The highest BCUT2D eigenvalue weighted by molar-refractivity contribution is 6.31. The van der Waals surface area contributed by atoms with Crippen LogP contribution in [0.2, 0.25) is 5.02 Å². The Balaban J connectivity index is 2.23. The molecule has 0 aliphatic rings. The van der Waals surface area contributed by atoms with Crippen LogP contribution in [-0.4, -0.2) is 16.7 Å². The second-order valence-corrected chi connectivity index (χ2v) is 6.06. The molecule has 0 spiro atoms. The zero-order valence-corrected chi connectivity index (χ0v) is 13.8. The highest BCUT2D eigenvalue weighted by atomic mass is 35.5. The van der Waals surface area contributed by atoms with E-state index in [2.05, 4.69) is 24.4 Å². The molecule has 0 bridgehead atoms. The Kier molecular flexibility index (Phi) is 5.77. The number of carbonyl (C=O) groups excluding carboxylic acids is 1. The molecule has 0 atom stereocenters. The lowest BCUT2D eigenvalue weighted by atomic mass is 10.0. The molecule has 5 heteroatoms. The minimum absolute atomic E-state index is 0.0956. The summed E-state index contributed by atoms with van der Waals surface area (Å²) in [6.45, 7) is 4.17. The molecule has 4 nitrogen and oxygen atoms in total. The van der Waals surface area contributed by atoms with Gasteiger partial charge in [0.25, 0.3) is 5.91 Å². The number of hydrogen-bond donors (Lipinski definition) is 2. The molecule has 0 aliphatic carbocycles. The van der Waals surface area contributed by atoms with E-state index in [4.69, 9.17) is 11.6 Å². The van der Waals surface area contributed by atoms with Gasteiger partial charge < -0.3 is 5.11 Å². The molecule has 0 radical (unpaired) electrons. The van der Waals surface area contributed by atoms with Crippen molar-refractivity contribution in [1.29, 1.82) is 0 Å². The molecule has 120 valence electrons. The summed E-state index contributed by atoms with van der Waals surface area (Å²) in [6, 6.07) is 14.0. The van der Waals surface area contributed by atoms with E-state index in [0.29, 0.717) is 10.9 Å². The van der Waals surface area contributed by atoms with Crippen LogP contribution < -0.4 is 5.43 Å². The molecule has 0 heterocycles. The Morgan fingerprint density at radius 1 is 1.22 bits per heavy atom. The normalized spacial score (nSPS) is 11.6. The van der Waals surface area contributed by atoms with Crippen LogP contribution in [0, 0.1) is 5.92 Å². The van der Waals surface area contributed by atoms with Crippen molar-refractivity contribution >= 4 is 23.2 Å². The van der Waals surface area contributed by atoms with Gasteiger partial charge in [0.1, 0.15) is 5.75 Å². The number of aromatic hydroxyl groups is 1. The van der Waals surface area contributed by atoms with Crippen LogP contribution in [0.25, 0.3) is 0 Å². The zero-order chi connectivity index (χ0) is 16.8. The Labute approximate surface area is 140 Å². The average Bonchev–Trinajstić information content (AvgIpc) is 2.54. The number of hydrazone groups is 1. The third-order valence-electron chi connectivity index (χ3n) is 3.20. The van der Waals surface area contributed by atoms with Crippen molar-refractivity contribution in [3.05, 3.63) is 64.7 Å². The van der Waals surface area contributed by atoms with E-state index in [0.717, 1.165) is 17.7 Å². The van der Waals surface area contributed by atoms with E-state index in [1.807, 2.05) is 30.3 Å². The van der Waals surface area contributed by atoms with Crippen LogP contribution >= 0.6 is 11.6 Å². The topological polar surface area (TPSA) is 61.7 Å². The summed E-state index contributed by atoms with van der Waals surface area (Å²) < 4.78 is 0. The van der Waals surface area contributed by atoms with Gasteiger partial charge in [0, 0.05) is 5.02 Å². The van der Waals surface area contributed by atoms with E-state index in [1.165, 1.54) is 18.2 Å². The Morgan fingerprint density at radius 2 is 1.91 bits per heavy atom. The quantitative estimate of drug-likeness (QED) is 0.636. The van der Waals surface area contributed by atoms with Gasteiger partial charge in [-0.1, -0.05) is 55.8 Å². The van der Waals surface area contributed by atoms with Gasteiger partial charge in [0.05, 0.1) is 11.3 Å². The lowest BCUT2D eigenvalue weighted by Crippen LogP contribution is -2.21. The number of nitrogens with zero attached hydrogens (tertiary/aromatic N) is 1. The van der Waals surface area contributed by atoms with Crippen LogP contribution in [0.4, 0.5) is 0 Å². The first-order valence-electron chi connectivity index (χ1n) is 7.38. The molecule has 0 aliphatic heterocycles. The fourth-order valence-electron chi connectivity index (χ4n) is 2.11. The molecule has 2 rings (SSSR count). The molecule has 1 amide bonds. The first-order chi connectivity index (χ1) is 11.0. The van der Waals surface area contributed by atoms with Crippen LogP contribution in [-0.2, 0) is 0 Å². The van der Waals surface area contributed by atoms with Crippen molar-refractivity contribution in [2.24, 2.45) is 11.0 Å². The van der Waals surface area contributed by atoms with Gasteiger partial charge in [-0.05, 0) is 36.1 Å². The number of halogens is 1. The predicted octanol–water partition coefficient (Wildman–Crippen LogP) is 4.23. The second-order valence-electron chi connectivity index (χ2n) is 5.62. The Bertz CT molecular complexity index is 712. The maximum absolute atomic E-state index is 12.2. The summed E-state index contributed by atoms with van der Waals surface area (Å²) in [7, 11) is 0. The van der Waals surface area contributed by atoms with Crippen LogP contribution in [0.1, 0.15) is 36.2 Å². The van der Waals surface area contributed by atoms with E-state index < -0.39 is 5.91 Å². The number of phenolic OH excluding ortho intramolecular Hbond substituents is 1. The molecule has 0 aromatic heterocycles. The van der Waals surface area contributed by atoms with Crippen molar-refractivity contribution in [1.82, 2.24) is 5.43 Å². The molecule has 2 N–H and O–H groups in total. The maximum atomic E-state index is 12.2. The van der Waals surface area contributed by atoms with E-state index >= 15 is 0 Å². The summed E-state index contributed by atoms with van der Waals surface area (Å²) in [5, 5.41) is 14.4. The van der Waals surface area contributed by atoms with Crippen molar-refractivity contribution < 1.29 is 9.90 Å². The number of rotatable bonds is 5. The Hall–Kier alpha value is -2.33. The van der Waals surface area contributed by atoms with E-state index in [-0.39, 0.29) is 11.3 Å². The molecular weight excluding hydrogens is 312 g/mol. The van der Waals surface area contributed by atoms with Crippen LogP contribution in [0.15, 0.2) is 53.6 Å². The largest absolute Gasteiger partial charge is 0.507 e. The van der Waals surface area contributed by atoms with Crippen LogP contribution in [0.3, 0.4) is 0 Å². The standard InChI is InChI=1S/C18H19ClN2O2/c1-12(2)10-16(13-6-4-3-5-7-13)20-21-18(23)15-11-14(19)8-9-17(15)22/h3-9,11-12,22H,10H2,1-2H3,(H,21,23). The Morgan fingerprint density at radius 3 is 2.57 bits per heavy atom. The summed E-state index contributed by atoms with van der Waals surface area (Å²) >= 11 is 5.86. The van der Waals surface area contributed by atoms with Gasteiger partial charge in [0.2, 0.25) is 0 Å². The van der Waals surface area contributed by atoms with Gasteiger partial charge in [0.15, 0.2) is 0 Å². The molecule has 0 unspecified atom stereocenters. The number of amides is 1. The second kappa shape index (κ2) is 7.79. The average molecular weight is 331 g/mol. The van der Waals surface area contributed by atoms with E-state index in [1.54, 1.807) is 0 Å². The lowest BCUT2D eigenvalue weighted by Gasteiger charge is -2.10.